The number of amides is 1. The van der Waals surface area contributed by atoms with E-state index >= 15 is 0 Å². The summed E-state index contributed by atoms with van der Waals surface area (Å²) in [7, 11) is 0. The number of hydrogen-bond acceptors (Lipinski definition) is 4. The molecular weight excluding hydrogens is 276 g/mol. The molecule has 0 unspecified atom stereocenters. The lowest BCUT2D eigenvalue weighted by Crippen LogP contribution is -2.35. The number of nitrogens with zero attached hydrogens (tertiary/aromatic N) is 3. The Kier molecular flexibility index (Phi) is 4.32. The van der Waals surface area contributed by atoms with Gasteiger partial charge in [0.05, 0.1) is 5.56 Å². The minimum atomic E-state index is 0.0298. The first-order valence-electron chi connectivity index (χ1n) is 7.68. The molecule has 1 fully saturated rings. The van der Waals surface area contributed by atoms with Gasteiger partial charge in [-0.05, 0) is 37.8 Å². The molecule has 1 aromatic carbocycles. The normalized spacial score (nSPS) is 14.7. The van der Waals surface area contributed by atoms with Crippen LogP contribution in [0.15, 0.2) is 36.7 Å². The van der Waals surface area contributed by atoms with E-state index in [1.165, 1.54) is 6.42 Å². The molecule has 1 saturated heterocycles. The van der Waals surface area contributed by atoms with E-state index in [1.54, 1.807) is 12.4 Å². The minimum absolute atomic E-state index is 0.0298. The Hall–Kier alpha value is -2.43. The molecule has 2 heterocycles. The van der Waals surface area contributed by atoms with Gasteiger partial charge in [-0.1, -0.05) is 18.2 Å². The summed E-state index contributed by atoms with van der Waals surface area (Å²) in [5.74, 6) is 0.534. The molecule has 3 rings (SSSR count). The molecule has 5 nitrogen and oxygen atoms in total. The van der Waals surface area contributed by atoms with Crippen molar-refractivity contribution in [3.63, 3.8) is 0 Å². The maximum Gasteiger partial charge on any atom is 0.256 e. The number of aromatic nitrogens is 2. The van der Waals surface area contributed by atoms with Crippen molar-refractivity contribution >= 4 is 17.5 Å². The summed E-state index contributed by atoms with van der Waals surface area (Å²) >= 11 is 0. The Bertz CT molecular complexity index is 648. The van der Waals surface area contributed by atoms with E-state index < -0.39 is 0 Å². The lowest BCUT2D eigenvalue weighted by atomic mass is 10.1. The van der Waals surface area contributed by atoms with Crippen molar-refractivity contribution in [1.82, 2.24) is 14.9 Å². The third kappa shape index (κ3) is 3.24. The van der Waals surface area contributed by atoms with Crippen LogP contribution in [-0.2, 0) is 0 Å². The van der Waals surface area contributed by atoms with Crippen LogP contribution < -0.4 is 5.32 Å². The Morgan fingerprint density at radius 1 is 1.09 bits per heavy atom. The second kappa shape index (κ2) is 6.56. The molecule has 5 heteroatoms. The largest absolute Gasteiger partial charge is 0.339 e. The van der Waals surface area contributed by atoms with Crippen LogP contribution in [0.4, 0.5) is 11.6 Å². The summed E-state index contributed by atoms with van der Waals surface area (Å²) < 4.78 is 0. The average molecular weight is 296 g/mol. The molecule has 2 aromatic rings. The maximum absolute atomic E-state index is 12.3. The SMILES string of the molecule is Cc1ccccc1Nc1ncc(C(=O)N2CCCCC2)cn1. The fourth-order valence-electron chi connectivity index (χ4n) is 2.62. The number of nitrogens with one attached hydrogen (secondary N) is 1. The Labute approximate surface area is 130 Å². The fourth-order valence-corrected chi connectivity index (χ4v) is 2.62. The van der Waals surface area contributed by atoms with Gasteiger partial charge < -0.3 is 10.2 Å². The van der Waals surface area contributed by atoms with Crippen molar-refractivity contribution in [1.29, 1.82) is 0 Å². The molecule has 0 bridgehead atoms. The first kappa shape index (κ1) is 14.5. The number of carbonyl (C=O) groups excluding carboxylic acids is 1. The second-order valence-electron chi connectivity index (χ2n) is 5.59. The van der Waals surface area contributed by atoms with E-state index in [4.69, 9.17) is 0 Å². The molecule has 1 N–H and O–H groups in total. The van der Waals surface area contributed by atoms with Gasteiger partial charge in [0.2, 0.25) is 5.95 Å². The summed E-state index contributed by atoms with van der Waals surface area (Å²) in [6.07, 6.45) is 6.58. The van der Waals surface area contributed by atoms with E-state index in [2.05, 4.69) is 15.3 Å². The van der Waals surface area contributed by atoms with Crippen LogP contribution >= 0.6 is 0 Å². The van der Waals surface area contributed by atoms with Crippen LogP contribution in [0.25, 0.3) is 0 Å². The van der Waals surface area contributed by atoms with Gasteiger partial charge in [0.1, 0.15) is 0 Å². The van der Waals surface area contributed by atoms with Gasteiger partial charge in [-0.25, -0.2) is 9.97 Å². The highest BCUT2D eigenvalue weighted by Crippen LogP contribution is 2.17. The van der Waals surface area contributed by atoms with Gasteiger partial charge in [0.15, 0.2) is 0 Å². The second-order valence-corrected chi connectivity index (χ2v) is 5.59. The molecule has 114 valence electrons. The molecule has 1 aliphatic rings. The number of carbonyl (C=O) groups is 1. The average Bonchev–Trinajstić information content (AvgIpc) is 2.58. The molecule has 0 atom stereocenters. The standard InChI is InChI=1S/C17H20N4O/c1-13-7-3-4-8-15(13)20-17-18-11-14(12-19-17)16(22)21-9-5-2-6-10-21/h3-4,7-8,11-12H,2,5-6,9-10H2,1H3,(H,18,19,20). The van der Waals surface area contributed by atoms with Gasteiger partial charge in [-0.2, -0.15) is 0 Å². The van der Waals surface area contributed by atoms with Crippen LogP contribution in [0, 0.1) is 6.92 Å². The van der Waals surface area contributed by atoms with Gasteiger partial charge in [0, 0.05) is 31.2 Å². The van der Waals surface area contributed by atoms with Crippen molar-refractivity contribution in [2.45, 2.75) is 26.2 Å². The summed E-state index contributed by atoms with van der Waals surface area (Å²) in [5, 5.41) is 3.17. The van der Waals surface area contributed by atoms with Gasteiger partial charge >= 0.3 is 0 Å². The molecule has 22 heavy (non-hydrogen) atoms. The molecule has 0 spiro atoms. The predicted molar refractivity (Wildman–Crippen MR) is 86.2 cm³/mol. The van der Waals surface area contributed by atoms with Gasteiger partial charge in [0.25, 0.3) is 5.91 Å². The highest BCUT2D eigenvalue weighted by molar-refractivity contribution is 5.93. The zero-order valence-electron chi connectivity index (χ0n) is 12.7. The Morgan fingerprint density at radius 3 is 2.45 bits per heavy atom. The molecular formula is C17H20N4O. The van der Waals surface area contributed by atoms with Crippen LogP contribution in [0.2, 0.25) is 0 Å². The number of para-hydroxylation sites is 1. The first-order valence-corrected chi connectivity index (χ1v) is 7.68. The van der Waals surface area contributed by atoms with E-state index in [0.29, 0.717) is 11.5 Å². The molecule has 1 amide bonds. The zero-order valence-corrected chi connectivity index (χ0v) is 12.7. The fraction of sp³-hybridized carbons (Fsp3) is 0.353. The number of hydrogen-bond donors (Lipinski definition) is 1. The topological polar surface area (TPSA) is 58.1 Å². The van der Waals surface area contributed by atoms with Crippen molar-refractivity contribution in [2.24, 2.45) is 0 Å². The molecule has 0 saturated carbocycles. The van der Waals surface area contributed by atoms with E-state index in [-0.39, 0.29) is 5.91 Å². The Morgan fingerprint density at radius 2 is 1.77 bits per heavy atom. The van der Waals surface area contributed by atoms with Crippen molar-refractivity contribution in [2.75, 3.05) is 18.4 Å². The smallest absolute Gasteiger partial charge is 0.256 e. The number of aryl methyl sites for hydroxylation is 1. The number of anilines is 2. The Balaban J connectivity index is 1.70. The lowest BCUT2D eigenvalue weighted by Gasteiger charge is -2.26. The van der Waals surface area contributed by atoms with Gasteiger partial charge in [-0.15, -0.1) is 0 Å². The highest BCUT2D eigenvalue weighted by Gasteiger charge is 2.18. The maximum atomic E-state index is 12.3. The third-order valence-corrected chi connectivity index (χ3v) is 3.93. The van der Waals surface area contributed by atoms with E-state index in [1.807, 2.05) is 36.1 Å². The molecule has 0 radical (unpaired) electrons. The summed E-state index contributed by atoms with van der Waals surface area (Å²) in [4.78, 5) is 22.8. The number of piperidine rings is 1. The quantitative estimate of drug-likeness (QED) is 0.945. The highest BCUT2D eigenvalue weighted by atomic mass is 16.2. The molecule has 1 aliphatic heterocycles. The number of benzene rings is 1. The minimum Gasteiger partial charge on any atom is -0.339 e. The van der Waals surface area contributed by atoms with Crippen LogP contribution in [0.5, 0.6) is 0 Å². The zero-order chi connectivity index (χ0) is 15.4. The van der Waals surface area contributed by atoms with Crippen LogP contribution in [0.3, 0.4) is 0 Å². The summed E-state index contributed by atoms with van der Waals surface area (Å²) in [5.41, 5.74) is 2.65. The monoisotopic (exact) mass is 296 g/mol. The summed E-state index contributed by atoms with van der Waals surface area (Å²) in [6, 6.07) is 7.95. The van der Waals surface area contributed by atoms with Crippen LogP contribution in [-0.4, -0.2) is 33.9 Å². The first-order chi connectivity index (χ1) is 10.7. The van der Waals surface area contributed by atoms with E-state index in [9.17, 15) is 4.79 Å². The van der Waals surface area contributed by atoms with Crippen molar-refractivity contribution in [3.05, 3.63) is 47.8 Å². The summed E-state index contributed by atoms with van der Waals surface area (Å²) in [6.45, 7) is 3.70. The number of likely N-dealkylation sites (tertiary alicyclic amines) is 1. The van der Waals surface area contributed by atoms with Gasteiger partial charge in [-0.3, -0.25) is 4.79 Å². The lowest BCUT2D eigenvalue weighted by molar-refractivity contribution is 0.0723. The van der Waals surface area contributed by atoms with Crippen molar-refractivity contribution < 1.29 is 4.79 Å². The van der Waals surface area contributed by atoms with Crippen molar-refractivity contribution in [3.8, 4) is 0 Å². The third-order valence-electron chi connectivity index (χ3n) is 3.93. The van der Waals surface area contributed by atoms with Crippen LogP contribution in [0.1, 0.15) is 35.2 Å². The molecule has 0 aliphatic carbocycles. The molecule has 1 aromatic heterocycles. The number of rotatable bonds is 3. The predicted octanol–water partition coefficient (Wildman–Crippen LogP) is 3.15. The van der Waals surface area contributed by atoms with E-state index in [0.717, 1.165) is 37.2 Å².